The first-order chi connectivity index (χ1) is 11.6. The third-order valence-electron chi connectivity index (χ3n) is 3.90. The SMILES string of the molecule is COc1ccc(NC2CC(=O)N(c3ccccc3)C2=O)c(OC)c1. The predicted octanol–water partition coefficient (Wildman–Crippen LogP) is 2.45. The zero-order chi connectivity index (χ0) is 17.1. The quantitative estimate of drug-likeness (QED) is 0.855. The summed E-state index contributed by atoms with van der Waals surface area (Å²) in [6.45, 7) is 0. The summed E-state index contributed by atoms with van der Waals surface area (Å²) in [5, 5.41) is 3.10. The van der Waals surface area contributed by atoms with Crippen LogP contribution in [0.2, 0.25) is 0 Å². The van der Waals surface area contributed by atoms with E-state index in [1.165, 1.54) is 12.0 Å². The fourth-order valence-electron chi connectivity index (χ4n) is 2.70. The average molecular weight is 326 g/mol. The van der Waals surface area contributed by atoms with Crippen LogP contribution >= 0.6 is 0 Å². The lowest BCUT2D eigenvalue weighted by Gasteiger charge is -2.17. The standard InChI is InChI=1S/C18H18N2O4/c1-23-13-8-9-14(16(10-13)24-2)19-15-11-17(21)20(18(15)22)12-6-4-3-5-7-12/h3-10,15,19H,11H2,1-2H3. The Morgan fingerprint density at radius 2 is 1.79 bits per heavy atom. The Bertz CT molecular complexity index is 761. The van der Waals surface area contributed by atoms with Gasteiger partial charge in [0.15, 0.2) is 0 Å². The van der Waals surface area contributed by atoms with Gasteiger partial charge in [0.05, 0.1) is 32.0 Å². The van der Waals surface area contributed by atoms with Crippen LogP contribution in [0.1, 0.15) is 6.42 Å². The van der Waals surface area contributed by atoms with Crippen LogP contribution < -0.4 is 19.7 Å². The first-order valence-electron chi connectivity index (χ1n) is 7.54. The number of anilines is 2. The summed E-state index contributed by atoms with van der Waals surface area (Å²) in [6, 6.07) is 13.5. The van der Waals surface area contributed by atoms with E-state index in [0.29, 0.717) is 22.9 Å². The summed E-state index contributed by atoms with van der Waals surface area (Å²) >= 11 is 0. The van der Waals surface area contributed by atoms with Gasteiger partial charge in [-0.25, -0.2) is 4.90 Å². The zero-order valence-corrected chi connectivity index (χ0v) is 13.5. The topological polar surface area (TPSA) is 67.9 Å². The lowest BCUT2D eigenvalue weighted by Crippen LogP contribution is -2.34. The highest BCUT2D eigenvalue weighted by Crippen LogP contribution is 2.32. The highest BCUT2D eigenvalue weighted by atomic mass is 16.5. The minimum absolute atomic E-state index is 0.100. The first kappa shape index (κ1) is 15.9. The monoisotopic (exact) mass is 326 g/mol. The predicted molar refractivity (Wildman–Crippen MR) is 90.5 cm³/mol. The molecule has 0 aliphatic carbocycles. The van der Waals surface area contributed by atoms with Crippen LogP contribution in [0.5, 0.6) is 11.5 Å². The molecular weight excluding hydrogens is 308 g/mol. The van der Waals surface area contributed by atoms with E-state index in [2.05, 4.69) is 5.32 Å². The van der Waals surface area contributed by atoms with Gasteiger partial charge in [0.1, 0.15) is 17.5 Å². The van der Waals surface area contributed by atoms with Crippen LogP contribution in [0.25, 0.3) is 0 Å². The molecule has 6 heteroatoms. The van der Waals surface area contributed by atoms with Crippen molar-refractivity contribution in [3.8, 4) is 11.5 Å². The molecule has 1 aliphatic heterocycles. The molecule has 6 nitrogen and oxygen atoms in total. The van der Waals surface area contributed by atoms with Gasteiger partial charge in [-0.2, -0.15) is 0 Å². The van der Waals surface area contributed by atoms with Gasteiger partial charge >= 0.3 is 0 Å². The van der Waals surface area contributed by atoms with Crippen LogP contribution in [-0.4, -0.2) is 32.1 Å². The number of para-hydroxylation sites is 1. The normalized spacial score (nSPS) is 17.1. The molecule has 0 radical (unpaired) electrons. The van der Waals surface area contributed by atoms with E-state index in [-0.39, 0.29) is 18.2 Å². The van der Waals surface area contributed by atoms with Gasteiger partial charge in [-0.1, -0.05) is 18.2 Å². The highest BCUT2D eigenvalue weighted by molar-refractivity contribution is 6.23. The van der Waals surface area contributed by atoms with Crippen molar-refractivity contribution in [1.29, 1.82) is 0 Å². The molecule has 2 aromatic rings. The van der Waals surface area contributed by atoms with Crippen molar-refractivity contribution in [1.82, 2.24) is 0 Å². The Hall–Kier alpha value is -3.02. The number of methoxy groups -OCH3 is 2. The summed E-state index contributed by atoms with van der Waals surface area (Å²) in [4.78, 5) is 26.1. The number of hydrogen-bond acceptors (Lipinski definition) is 5. The molecule has 1 atom stereocenters. The molecule has 1 saturated heterocycles. The molecule has 1 unspecified atom stereocenters. The number of benzene rings is 2. The minimum Gasteiger partial charge on any atom is -0.497 e. The maximum absolute atomic E-state index is 12.6. The fourth-order valence-corrected chi connectivity index (χ4v) is 2.70. The van der Waals surface area contributed by atoms with E-state index in [1.54, 1.807) is 49.6 Å². The Balaban J connectivity index is 1.82. The van der Waals surface area contributed by atoms with Crippen molar-refractivity contribution in [3.05, 3.63) is 48.5 Å². The molecule has 24 heavy (non-hydrogen) atoms. The fraction of sp³-hybridized carbons (Fsp3) is 0.222. The van der Waals surface area contributed by atoms with Gasteiger partial charge in [0, 0.05) is 6.07 Å². The lowest BCUT2D eigenvalue weighted by molar-refractivity contribution is -0.121. The molecule has 2 aromatic carbocycles. The van der Waals surface area contributed by atoms with Crippen LogP contribution in [0.15, 0.2) is 48.5 Å². The van der Waals surface area contributed by atoms with Crippen molar-refractivity contribution in [2.45, 2.75) is 12.5 Å². The summed E-state index contributed by atoms with van der Waals surface area (Å²) in [6.07, 6.45) is 0.100. The smallest absolute Gasteiger partial charge is 0.256 e. The van der Waals surface area contributed by atoms with E-state index in [9.17, 15) is 9.59 Å². The van der Waals surface area contributed by atoms with Gasteiger partial charge < -0.3 is 14.8 Å². The van der Waals surface area contributed by atoms with E-state index < -0.39 is 6.04 Å². The van der Waals surface area contributed by atoms with Crippen molar-refractivity contribution in [3.63, 3.8) is 0 Å². The van der Waals surface area contributed by atoms with Crippen LogP contribution in [0.4, 0.5) is 11.4 Å². The number of nitrogens with one attached hydrogen (secondary N) is 1. The molecule has 1 aliphatic rings. The van der Waals surface area contributed by atoms with Crippen molar-refractivity contribution in [2.24, 2.45) is 0 Å². The Labute approximate surface area is 140 Å². The van der Waals surface area contributed by atoms with Crippen LogP contribution in [0, 0.1) is 0 Å². The molecule has 1 heterocycles. The number of amides is 2. The van der Waals surface area contributed by atoms with Gasteiger partial charge in [0.2, 0.25) is 5.91 Å². The number of carbonyl (C=O) groups excluding carboxylic acids is 2. The third-order valence-corrected chi connectivity index (χ3v) is 3.90. The van der Waals surface area contributed by atoms with Crippen molar-refractivity contribution >= 4 is 23.2 Å². The van der Waals surface area contributed by atoms with E-state index in [4.69, 9.17) is 9.47 Å². The molecule has 3 rings (SSSR count). The van der Waals surface area contributed by atoms with Gasteiger partial charge in [-0.05, 0) is 24.3 Å². The zero-order valence-electron chi connectivity index (χ0n) is 13.5. The Morgan fingerprint density at radius 3 is 2.46 bits per heavy atom. The molecular formula is C18H18N2O4. The van der Waals surface area contributed by atoms with E-state index in [0.717, 1.165) is 0 Å². The minimum atomic E-state index is -0.625. The second-order valence-electron chi connectivity index (χ2n) is 5.37. The van der Waals surface area contributed by atoms with Gasteiger partial charge in [0.25, 0.3) is 5.91 Å². The molecule has 1 fully saturated rings. The number of hydrogen-bond donors (Lipinski definition) is 1. The second-order valence-corrected chi connectivity index (χ2v) is 5.37. The Morgan fingerprint density at radius 1 is 1.04 bits per heavy atom. The van der Waals surface area contributed by atoms with E-state index >= 15 is 0 Å². The summed E-state index contributed by atoms with van der Waals surface area (Å²) in [5.41, 5.74) is 1.22. The maximum atomic E-state index is 12.6. The van der Waals surface area contributed by atoms with Gasteiger partial charge in [-0.3, -0.25) is 9.59 Å². The summed E-state index contributed by atoms with van der Waals surface area (Å²) in [5.74, 6) is 0.699. The molecule has 0 saturated carbocycles. The number of imide groups is 1. The van der Waals surface area contributed by atoms with Crippen LogP contribution in [0.3, 0.4) is 0 Å². The average Bonchev–Trinajstić information content (AvgIpc) is 2.89. The lowest BCUT2D eigenvalue weighted by atomic mass is 10.2. The molecule has 2 amide bonds. The van der Waals surface area contributed by atoms with E-state index in [1.807, 2.05) is 6.07 Å². The Kier molecular flexibility index (Phi) is 4.37. The number of nitrogens with zero attached hydrogens (tertiary/aromatic N) is 1. The second kappa shape index (κ2) is 6.62. The van der Waals surface area contributed by atoms with Gasteiger partial charge in [-0.15, -0.1) is 0 Å². The van der Waals surface area contributed by atoms with Crippen LogP contribution in [-0.2, 0) is 9.59 Å². The maximum Gasteiger partial charge on any atom is 0.256 e. The molecule has 124 valence electrons. The molecule has 0 spiro atoms. The highest BCUT2D eigenvalue weighted by Gasteiger charge is 2.39. The van der Waals surface area contributed by atoms with Crippen molar-refractivity contribution < 1.29 is 19.1 Å². The largest absolute Gasteiger partial charge is 0.497 e. The number of carbonyl (C=O) groups is 2. The molecule has 0 aromatic heterocycles. The molecule has 0 bridgehead atoms. The third kappa shape index (κ3) is 2.90. The molecule has 1 N–H and O–H groups in total. The summed E-state index contributed by atoms with van der Waals surface area (Å²) in [7, 11) is 3.11. The number of rotatable bonds is 5. The first-order valence-corrected chi connectivity index (χ1v) is 7.54. The summed E-state index contributed by atoms with van der Waals surface area (Å²) < 4.78 is 10.5. The number of ether oxygens (including phenoxy) is 2. The van der Waals surface area contributed by atoms with Crippen molar-refractivity contribution in [2.75, 3.05) is 24.4 Å².